The Labute approximate surface area is 165 Å². The van der Waals surface area contributed by atoms with E-state index in [0.717, 1.165) is 27.8 Å². The van der Waals surface area contributed by atoms with Gasteiger partial charge in [-0.2, -0.15) is 13.2 Å². The van der Waals surface area contributed by atoms with Crippen molar-refractivity contribution in [2.24, 2.45) is 0 Å². The Bertz CT molecular complexity index is 1110. The minimum Gasteiger partial charge on any atom is -0.256 e. The van der Waals surface area contributed by atoms with Crippen LogP contribution in [-0.2, 0) is 11.9 Å². The largest absolute Gasteiger partial charge is 0.418 e. The molecule has 0 aliphatic heterocycles. The van der Waals surface area contributed by atoms with E-state index in [9.17, 15) is 13.2 Å². The van der Waals surface area contributed by atoms with E-state index in [0.29, 0.717) is 5.39 Å². The summed E-state index contributed by atoms with van der Waals surface area (Å²) in [5, 5.41) is 0.502. The van der Waals surface area contributed by atoms with Gasteiger partial charge >= 0.3 is 6.18 Å². The second kappa shape index (κ2) is 7.68. The minimum absolute atomic E-state index is 0.0187. The van der Waals surface area contributed by atoms with Gasteiger partial charge in [0.25, 0.3) is 0 Å². The Hall–Kier alpha value is -2.79. The standard InChI is InChI=1S/C23H16F3NS/c24-23(25,26)21-11-5-10-20-19(12-13-27-22(20)21)17-8-4-9-18(14-17)28-15-16-6-2-1-3-7-16/h1-14H,15H2. The van der Waals surface area contributed by atoms with Crippen LogP contribution in [0.25, 0.3) is 22.0 Å². The van der Waals surface area contributed by atoms with Gasteiger partial charge in [-0.25, -0.2) is 0 Å². The monoisotopic (exact) mass is 395 g/mol. The average molecular weight is 395 g/mol. The molecule has 0 amide bonds. The molecule has 1 aromatic heterocycles. The topological polar surface area (TPSA) is 12.9 Å². The molecular weight excluding hydrogens is 379 g/mol. The fourth-order valence-corrected chi connectivity index (χ4v) is 4.06. The number of para-hydroxylation sites is 1. The maximum absolute atomic E-state index is 13.3. The van der Waals surface area contributed by atoms with E-state index in [1.807, 2.05) is 42.5 Å². The van der Waals surface area contributed by atoms with Crippen molar-refractivity contribution in [3.05, 3.63) is 96.2 Å². The first-order valence-corrected chi connectivity index (χ1v) is 9.73. The van der Waals surface area contributed by atoms with Gasteiger partial charge in [-0.05, 0) is 41.0 Å². The van der Waals surface area contributed by atoms with Crippen LogP contribution in [0.4, 0.5) is 13.2 Å². The molecule has 0 spiro atoms. The molecule has 0 bridgehead atoms. The van der Waals surface area contributed by atoms with E-state index in [-0.39, 0.29) is 5.52 Å². The second-order valence-electron chi connectivity index (χ2n) is 6.36. The lowest BCUT2D eigenvalue weighted by atomic mass is 9.99. The number of thioether (sulfide) groups is 1. The van der Waals surface area contributed by atoms with E-state index in [4.69, 9.17) is 0 Å². The normalized spacial score (nSPS) is 11.7. The molecule has 3 aromatic carbocycles. The number of benzene rings is 3. The molecule has 0 saturated carbocycles. The van der Waals surface area contributed by atoms with Gasteiger partial charge in [-0.15, -0.1) is 11.8 Å². The Morgan fingerprint density at radius 1 is 0.821 bits per heavy atom. The van der Waals surface area contributed by atoms with Crippen LogP contribution in [0.1, 0.15) is 11.1 Å². The zero-order valence-electron chi connectivity index (χ0n) is 14.8. The number of hydrogen-bond acceptors (Lipinski definition) is 2. The zero-order chi connectivity index (χ0) is 19.6. The lowest BCUT2D eigenvalue weighted by Gasteiger charge is -2.13. The zero-order valence-corrected chi connectivity index (χ0v) is 15.6. The van der Waals surface area contributed by atoms with Crippen molar-refractivity contribution in [3.8, 4) is 11.1 Å². The first-order chi connectivity index (χ1) is 13.5. The Balaban J connectivity index is 1.71. The van der Waals surface area contributed by atoms with Crippen LogP contribution < -0.4 is 0 Å². The maximum Gasteiger partial charge on any atom is 0.418 e. The number of hydrogen-bond donors (Lipinski definition) is 0. The minimum atomic E-state index is -4.43. The summed E-state index contributed by atoms with van der Waals surface area (Å²) in [6.07, 6.45) is -2.99. The Morgan fingerprint density at radius 3 is 2.39 bits per heavy atom. The van der Waals surface area contributed by atoms with Crippen LogP contribution in [0.5, 0.6) is 0 Å². The molecule has 0 radical (unpaired) electrons. The fraction of sp³-hybridized carbons (Fsp3) is 0.0870. The number of alkyl halides is 3. The summed E-state index contributed by atoms with van der Waals surface area (Å²) in [7, 11) is 0. The fourth-order valence-electron chi connectivity index (χ4n) is 3.15. The van der Waals surface area contributed by atoms with Gasteiger partial charge in [0.2, 0.25) is 0 Å². The Morgan fingerprint density at radius 2 is 1.61 bits per heavy atom. The SMILES string of the molecule is FC(F)(F)c1cccc2c(-c3cccc(SCc4ccccc4)c3)ccnc12. The Kier molecular flexibility index (Phi) is 5.09. The summed E-state index contributed by atoms with van der Waals surface area (Å²) in [6, 6.07) is 24.0. The third kappa shape index (κ3) is 3.90. The van der Waals surface area contributed by atoms with Gasteiger partial charge in [-0.3, -0.25) is 4.98 Å². The van der Waals surface area contributed by atoms with Gasteiger partial charge in [0, 0.05) is 22.2 Å². The van der Waals surface area contributed by atoms with Crippen molar-refractivity contribution in [2.75, 3.05) is 0 Å². The number of fused-ring (bicyclic) bond motifs is 1. The highest BCUT2D eigenvalue weighted by Crippen LogP contribution is 2.37. The second-order valence-corrected chi connectivity index (χ2v) is 7.41. The van der Waals surface area contributed by atoms with E-state index in [1.165, 1.54) is 17.8 Å². The molecule has 0 unspecified atom stereocenters. The number of rotatable bonds is 4. The smallest absolute Gasteiger partial charge is 0.256 e. The number of aromatic nitrogens is 1. The molecule has 140 valence electrons. The molecule has 28 heavy (non-hydrogen) atoms. The molecule has 0 aliphatic rings. The van der Waals surface area contributed by atoms with Crippen LogP contribution >= 0.6 is 11.8 Å². The van der Waals surface area contributed by atoms with Gasteiger partial charge < -0.3 is 0 Å². The van der Waals surface area contributed by atoms with Crippen molar-refractivity contribution in [2.45, 2.75) is 16.8 Å². The predicted molar refractivity (Wildman–Crippen MR) is 108 cm³/mol. The predicted octanol–water partition coefficient (Wildman–Crippen LogP) is 7.21. The highest BCUT2D eigenvalue weighted by Gasteiger charge is 2.33. The van der Waals surface area contributed by atoms with Crippen LogP contribution in [-0.4, -0.2) is 4.98 Å². The van der Waals surface area contributed by atoms with Gasteiger partial charge in [0.15, 0.2) is 0 Å². The third-order valence-electron chi connectivity index (χ3n) is 4.47. The molecule has 1 nitrogen and oxygen atoms in total. The van der Waals surface area contributed by atoms with Crippen LogP contribution in [0.3, 0.4) is 0 Å². The lowest BCUT2D eigenvalue weighted by Crippen LogP contribution is -2.06. The molecule has 1 heterocycles. The lowest BCUT2D eigenvalue weighted by molar-refractivity contribution is -0.136. The number of pyridine rings is 1. The highest BCUT2D eigenvalue weighted by atomic mass is 32.2. The molecule has 4 rings (SSSR count). The molecular formula is C23H16F3NS. The van der Waals surface area contributed by atoms with E-state index in [1.54, 1.807) is 23.9 Å². The summed E-state index contributed by atoms with van der Waals surface area (Å²) >= 11 is 1.70. The summed E-state index contributed by atoms with van der Waals surface area (Å²) < 4.78 is 40.0. The quantitative estimate of drug-likeness (QED) is 0.339. The van der Waals surface area contributed by atoms with Crippen LogP contribution in [0.2, 0.25) is 0 Å². The van der Waals surface area contributed by atoms with Crippen LogP contribution in [0.15, 0.2) is 90.0 Å². The molecule has 0 saturated heterocycles. The van der Waals surface area contributed by atoms with E-state index in [2.05, 4.69) is 17.1 Å². The number of nitrogens with zero attached hydrogens (tertiary/aromatic N) is 1. The average Bonchev–Trinajstić information content (AvgIpc) is 2.71. The van der Waals surface area contributed by atoms with Crippen molar-refractivity contribution in [3.63, 3.8) is 0 Å². The summed E-state index contributed by atoms with van der Waals surface area (Å²) in [5.41, 5.74) is 2.13. The molecule has 4 aromatic rings. The van der Waals surface area contributed by atoms with Gasteiger partial charge in [-0.1, -0.05) is 54.6 Å². The van der Waals surface area contributed by atoms with Crippen molar-refractivity contribution in [1.29, 1.82) is 0 Å². The summed E-state index contributed by atoms with van der Waals surface area (Å²) in [4.78, 5) is 5.07. The van der Waals surface area contributed by atoms with Crippen LogP contribution in [0, 0.1) is 0 Å². The molecule has 0 N–H and O–H groups in total. The van der Waals surface area contributed by atoms with E-state index >= 15 is 0 Å². The summed E-state index contributed by atoms with van der Waals surface area (Å²) in [6.45, 7) is 0. The molecule has 0 atom stereocenters. The molecule has 5 heteroatoms. The van der Waals surface area contributed by atoms with Gasteiger partial charge in [0.1, 0.15) is 0 Å². The molecule has 0 fully saturated rings. The first-order valence-electron chi connectivity index (χ1n) is 8.74. The van der Waals surface area contributed by atoms with Gasteiger partial charge in [0.05, 0.1) is 11.1 Å². The first kappa shape index (κ1) is 18.6. The molecule has 0 aliphatic carbocycles. The third-order valence-corrected chi connectivity index (χ3v) is 5.53. The highest BCUT2D eigenvalue weighted by molar-refractivity contribution is 7.98. The maximum atomic E-state index is 13.3. The van der Waals surface area contributed by atoms with Crippen molar-refractivity contribution < 1.29 is 13.2 Å². The van der Waals surface area contributed by atoms with Crippen molar-refractivity contribution >= 4 is 22.7 Å². The summed E-state index contributed by atoms with van der Waals surface area (Å²) in [5.74, 6) is 0.833. The number of halogens is 3. The van der Waals surface area contributed by atoms with Crippen molar-refractivity contribution in [1.82, 2.24) is 4.98 Å². The van der Waals surface area contributed by atoms with E-state index < -0.39 is 11.7 Å².